The zero-order chi connectivity index (χ0) is 19.8. The van der Waals surface area contributed by atoms with Gasteiger partial charge in [-0.05, 0) is 37.3 Å². The smallest absolute Gasteiger partial charge is 0.238 e. The van der Waals surface area contributed by atoms with Crippen molar-refractivity contribution >= 4 is 11.6 Å². The van der Waals surface area contributed by atoms with Gasteiger partial charge in [0.15, 0.2) is 5.75 Å². The number of carbonyl (C=O) groups excluding carboxylic acids is 1. The summed E-state index contributed by atoms with van der Waals surface area (Å²) in [7, 11) is 1.64. The number of hydrogen-bond acceptors (Lipinski definition) is 4. The Morgan fingerprint density at radius 1 is 0.893 bits per heavy atom. The van der Waals surface area contributed by atoms with Gasteiger partial charge in [-0.15, -0.1) is 0 Å². The summed E-state index contributed by atoms with van der Waals surface area (Å²) in [5.74, 6) is 1.96. The Balaban J connectivity index is 1.61. The van der Waals surface area contributed by atoms with E-state index < -0.39 is 0 Å². The predicted octanol–water partition coefficient (Wildman–Crippen LogP) is 4.78. The molecule has 0 aliphatic rings. The first-order chi connectivity index (χ1) is 13.7. The predicted molar refractivity (Wildman–Crippen MR) is 111 cm³/mol. The van der Waals surface area contributed by atoms with E-state index in [9.17, 15) is 4.79 Å². The zero-order valence-corrected chi connectivity index (χ0v) is 16.0. The van der Waals surface area contributed by atoms with Crippen molar-refractivity contribution in [3.63, 3.8) is 0 Å². The molecule has 3 aromatic carbocycles. The molecule has 0 heterocycles. The lowest BCUT2D eigenvalue weighted by atomic mass is 10.1. The van der Waals surface area contributed by atoms with Crippen LogP contribution in [0.3, 0.4) is 0 Å². The third-order valence-electron chi connectivity index (χ3n) is 4.31. The zero-order valence-electron chi connectivity index (χ0n) is 16.0. The van der Waals surface area contributed by atoms with Crippen LogP contribution in [-0.4, -0.2) is 19.6 Å². The van der Waals surface area contributed by atoms with Crippen LogP contribution in [0.4, 0.5) is 5.69 Å². The summed E-state index contributed by atoms with van der Waals surface area (Å²) in [6, 6.07) is 24.6. The van der Waals surface area contributed by atoms with Crippen LogP contribution >= 0.6 is 0 Å². The summed E-state index contributed by atoms with van der Waals surface area (Å²) < 4.78 is 11.3. The summed E-state index contributed by atoms with van der Waals surface area (Å²) in [6.07, 6.45) is 0. The maximum atomic E-state index is 12.4. The molecule has 0 saturated heterocycles. The minimum absolute atomic E-state index is 0.0299. The molecule has 3 aromatic rings. The summed E-state index contributed by atoms with van der Waals surface area (Å²) in [5, 5.41) is 6.14. The molecule has 0 bridgehead atoms. The lowest BCUT2D eigenvalue weighted by Gasteiger charge is -2.17. The number of amides is 1. The summed E-state index contributed by atoms with van der Waals surface area (Å²) in [6.45, 7) is 2.16. The van der Waals surface area contributed by atoms with E-state index in [4.69, 9.17) is 9.47 Å². The van der Waals surface area contributed by atoms with Crippen molar-refractivity contribution in [2.24, 2.45) is 0 Å². The Hall–Kier alpha value is -3.31. The molecular weight excluding hydrogens is 352 g/mol. The number of rotatable bonds is 8. The van der Waals surface area contributed by atoms with Crippen molar-refractivity contribution in [1.29, 1.82) is 0 Å². The summed E-state index contributed by atoms with van der Waals surface area (Å²) in [4.78, 5) is 12.4. The molecule has 144 valence electrons. The third kappa shape index (κ3) is 5.11. The van der Waals surface area contributed by atoms with Gasteiger partial charge in [-0.2, -0.15) is 0 Å². The van der Waals surface area contributed by atoms with Crippen LogP contribution in [0.5, 0.6) is 17.2 Å². The molecule has 0 saturated carbocycles. The van der Waals surface area contributed by atoms with Gasteiger partial charge in [0.2, 0.25) is 5.91 Å². The van der Waals surface area contributed by atoms with Crippen LogP contribution < -0.4 is 20.1 Å². The van der Waals surface area contributed by atoms with Gasteiger partial charge < -0.3 is 20.1 Å². The lowest BCUT2D eigenvalue weighted by molar-refractivity contribution is -0.115. The Kier molecular flexibility index (Phi) is 6.65. The van der Waals surface area contributed by atoms with Gasteiger partial charge in [0.1, 0.15) is 11.5 Å². The molecule has 0 unspecified atom stereocenters. The highest BCUT2D eigenvalue weighted by Crippen LogP contribution is 2.29. The van der Waals surface area contributed by atoms with Crippen molar-refractivity contribution < 1.29 is 14.3 Å². The number of benzene rings is 3. The molecule has 5 nitrogen and oxygen atoms in total. The molecule has 0 aromatic heterocycles. The van der Waals surface area contributed by atoms with E-state index in [-0.39, 0.29) is 18.5 Å². The minimum Gasteiger partial charge on any atom is -0.496 e. The van der Waals surface area contributed by atoms with Gasteiger partial charge in [-0.3, -0.25) is 4.79 Å². The van der Waals surface area contributed by atoms with Gasteiger partial charge in [0.25, 0.3) is 0 Å². The summed E-state index contributed by atoms with van der Waals surface area (Å²) in [5.41, 5.74) is 1.63. The first-order valence-electron chi connectivity index (χ1n) is 9.15. The molecule has 1 atom stereocenters. The SMILES string of the molecule is COc1ccccc1[C@H](C)NCC(=O)Nc1ccccc1Oc1ccccc1. The highest BCUT2D eigenvalue weighted by Gasteiger charge is 2.13. The molecule has 5 heteroatoms. The van der Waals surface area contributed by atoms with Crippen molar-refractivity contribution in [2.45, 2.75) is 13.0 Å². The average Bonchev–Trinajstić information content (AvgIpc) is 2.74. The molecule has 28 heavy (non-hydrogen) atoms. The van der Waals surface area contributed by atoms with E-state index in [0.717, 1.165) is 11.3 Å². The van der Waals surface area contributed by atoms with Crippen molar-refractivity contribution in [3.05, 3.63) is 84.4 Å². The lowest BCUT2D eigenvalue weighted by Crippen LogP contribution is -2.30. The Bertz CT molecular complexity index is 912. The largest absolute Gasteiger partial charge is 0.496 e. The van der Waals surface area contributed by atoms with Gasteiger partial charge in [0, 0.05) is 11.6 Å². The van der Waals surface area contributed by atoms with Gasteiger partial charge in [0.05, 0.1) is 19.3 Å². The third-order valence-corrected chi connectivity index (χ3v) is 4.31. The molecule has 0 aliphatic heterocycles. The Morgan fingerprint density at radius 3 is 2.29 bits per heavy atom. The quantitative estimate of drug-likeness (QED) is 0.594. The number of carbonyl (C=O) groups is 1. The molecule has 0 fully saturated rings. The van der Waals surface area contributed by atoms with Crippen molar-refractivity contribution in [3.8, 4) is 17.2 Å². The highest BCUT2D eigenvalue weighted by atomic mass is 16.5. The van der Waals surface area contributed by atoms with E-state index in [1.54, 1.807) is 7.11 Å². The number of nitrogens with one attached hydrogen (secondary N) is 2. The van der Waals surface area contributed by atoms with E-state index in [0.29, 0.717) is 17.2 Å². The molecule has 2 N–H and O–H groups in total. The summed E-state index contributed by atoms with van der Waals surface area (Å²) >= 11 is 0. The Morgan fingerprint density at radius 2 is 1.54 bits per heavy atom. The standard InChI is InChI=1S/C23H24N2O3/c1-17(19-12-6-8-14-21(19)27-2)24-16-23(26)25-20-13-7-9-15-22(20)28-18-10-4-3-5-11-18/h3-15,17,24H,16H2,1-2H3,(H,25,26)/t17-/m0/s1. The number of hydrogen-bond donors (Lipinski definition) is 2. The maximum absolute atomic E-state index is 12.4. The number of ether oxygens (including phenoxy) is 2. The van der Waals surface area contributed by atoms with E-state index in [2.05, 4.69) is 10.6 Å². The average molecular weight is 376 g/mol. The fraction of sp³-hybridized carbons (Fsp3) is 0.174. The van der Waals surface area contributed by atoms with Crippen molar-refractivity contribution in [2.75, 3.05) is 19.0 Å². The van der Waals surface area contributed by atoms with Crippen molar-refractivity contribution in [1.82, 2.24) is 5.32 Å². The fourth-order valence-corrected chi connectivity index (χ4v) is 2.85. The maximum Gasteiger partial charge on any atom is 0.238 e. The van der Waals surface area contributed by atoms with Crippen LogP contribution in [0.1, 0.15) is 18.5 Å². The topological polar surface area (TPSA) is 59.6 Å². The minimum atomic E-state index is -0.147. The second-order valence-electron chi connectivity index (χ2n) is 6.30. The highest BCUT2D eigenvalue weighted by molar-refractivity contribution is 5.93. The number of para-hydroxylation sites is 4. The van der Waals surface area contributed by atoms with E-state index in [1.807, 2.05) is 85.8 Å². The van der Waals surface area contributed by atoms with Gasteiger partial charge in [-0.25, -0.2) is 0 Å². The van der Waals surface area contributed by atoms with Crippen LogP contribution in [0, 0.1) is 0 Å². The first kappa shape index (κ1) is 19.5. The van der Waals surface area contributed by atoms with E-state index in [1.165, 1.54) is 0 Å². The second kappa shape index (κ2) is 9.58. The second-order valence-corrected chi connectivity index (χ2v) is 6.30. The monoisotopic (exact) mass is 376 g/mol. The normalized spacial score (nSPS) is 11.5. The Labute approximate surface area is 165 Å². The molecular formula is C23H24N2O3. The van der Waals surface area contributed by atoms with Crippen LogP contribution in [0.15, 0.2) is 78.9 Å². The number of anilines is 1. The van der Waals surface area contributed by atoms with Crippen LogP contribution in [0.25, 0.3) is 0 Å². The molecule has 0 aliphatic carbocycles. The fourth-order valence-electron chi connectivity index (χ4n) is 2.85. The molecule has 0 spiro atoms. The van der Waals surface area contributed by atoms with Crippen LogP contribution in [0.2, 0.25) is 0 Å². The van der Waals surface area contributed by atoms with Gasteiger partial charge >= 0.3 is 0 Å². The van der Waals surface area contributed by atoms with Gasteiger partial charge in [-0.1, -0.05) is 48.5 Å². The first-order valence-corrected chi connectivity index (χ1v) is 9.15. The molecule has 0 radical (unpaired) electrons. The van der Waals surface area contributed by atoms with Crippen LogP contribution in [-0.2, 0) is 4.79 Å². The van der Waals surface area contributed by atoms with E-state index >= 15 is 0 Å². The number of methoxy groups -OCH3 is 1. The molecule has 3 rings (SSSR count). The molecule has 1 amide bonds.